The van der Waals surface area contributed by atoms with Gasteiger partial charge in [-0.25, -0.2) is 0 Å². The lowest BCUT2D eigenvalue weighted by atomic mass is 10.00. The third kappa shape index (κ3) is 1.39. The molecule has 1 aromatic heterocycles. The van der Waals surface area contributed by atoms with Crippen molar-refractivity contribution in [3.8, 4) is 0 Å². The summed E-state index contributed by atoms with van der Waals surface area (Å²) in [6, 6.07) is 9.45. The average molecular weight is 238 g/mol. The van der Waals surface area contributed by atoms with Crippen molar-refractivity contribution in [1.29, 1.82) is 0 Å². The number of fused-ring (bicyclic) bond motifs is 2. The largest absolute Gasteiger partial charge is 0.456 e. The maximum atomic E-state index is 12.5. The number of para-hydroxylation sites is 1. The summed E-state index contributed by atoms with van der Waals surface area (Å²) in [6.07, 6.45) is 0. The first-order valence-corrected chi connectivity index (χ1v) is 6.02. The van der Waals surface area contributed by atoms with Crippen LogP contribution in [0.5, 0.6) is 0 Å². The van der Waals surface area contributed by atoms with Crippen molar-refractivity contribution in [1.82, 2.24) is 0 Å². The molecule has 90 valence electrons. The SMILES string of the molecule is Cc1cc(C)c2c(=O)c3ccccc3oc2c1C. The predicted molar refractivity (Wildman–Crippen MR) is 74.2 cm³/mol. The molecule has 3 rings (SSSR count). The summed E-state index contributed by atoms with van der Waals surface area (Å²) >= 11 is 0. The Balaban J connectivity index is 2.69. The topological polar surface area (TPSA) is 30.2 Å². The fourth-order valence-corrected chi connectivity index (χ4v) is 2.45. The van der Waals surface area contributed by atoms with Gasteiger partial charge in [-0.1, -0.05) is 18.2 Å². The average Bonchev–Trinajstić information content (AvgIpc) is 2.36. The van der Waals surface area contributed by atoms with E-state index in [2.05, 4.69) is 0 Å². The third-order valence-electron chi connectivity index (χ3n) is 3.56. The number of aryl methyl sites for hydroxylation is 3. The second kappa shape index (κ2) is 3.70. The predicted octanol–water partition coefficient (Wildman–Crippen LogP) is 3.87. The van der Waals surface area contributed by atoms with Crippen molar-refractivity contribution in [2.75, 3.05) is 0 Å². The van der Waals surface area contributed by atoms with Crippen LogP contribution in [0.15, 0.2) is 39.5 Å². The van der Waals surface area contributed by atoms with Gasteiger partial charge in [0, 0.05) is 0 Å². The zero-order chi connectivity index (χ0) is 12.9. The molecule has 2 nitrogen and oxygen atoms in total. The van der Waals surface area contributed by atoms with Crippen molar-refractivity contribution in [2.24, 2.45) is 0 Å². The fourth-order valence-electron chi connectivity index (χ4n) is 2.45. The van der Waals surface area contributed by atoms with Gasteiger partial charge in [0.05, 0.1) is 10.8 Å². The van der Waals surface area contributed by atoms with Crippen LogP contribution in [0.1, 0.15) is 16.7 Å². The number of hydrogen-bond donors (Lipinski definition) is 0. The quantitative estimate of drug-likeness (QED) is 0.556. The van der Waals surface area contributed by atoms with Crippen LogP contribution < -0.4 is 5.43 Å². The van der Waals surface area contributed by atoms with E-state index in [0.29, 0.717) is 16.4 Å². The molecule has 0 aliphatic rings. The summed E-state index contributed by atoms with van der Waals surface area (Å²) in [4.78, 5) is 12.5. The highest BCUT2D eigenvalue weighted by atomic mass is 16.3. The Bertz CT molecular complexity index is 826. The van der Waals surface area contributed by atoms with Gasteiger partial charge < -0.3 is 4.42 Å². The highest BCUT2D eigenvalue weighted by Crippen LogP contribution is 2.26. The Hall–Kier alpha value is -2.09. The zero-order valence-electron chi connectivity index (χ0n) is 10.7. The molecule has 0 unspecified atom stereocenters. The van der Waals surface area contributed by atoms with Crippen molar-refractivity contribution < 1.29 is 4.42 Å². The molecule has 0 aliphatic heterocycles. The molecule has 2 heteroatoms. The van der Waals surface area contributed by atoms with E-state index in [1.54, 1.807) is 0 Å². The van der Waals surface area contributed by atoms with Crippen molar-refractivity contribution >= 4 is 21.9 Å². The molecule has 0 saturated heterocycles. The Morgan fingerprint density at radius 3 is 2.50 bits per heavy atom. The number of hydrogen-bond acceptors (Lipinski definition) is 2. The van der Waals surface area contributed by atoms with Gasteiger partial charge in [-0.2, -0.15) is 0 Å². The lowest BCUT2D eigenvalue weighted by Crippen LogP contribution is -2.05. The smallest absolute Gasteiger partial charge is 0.200 e. The summed E-state index contributed by atoms with van der Waals surface area (Å²) in [5.41, 5.74) is 4.61. The van der Waals surface area contributed by atoms with E-state index in [4.69, 9.17) is 4.42 Å². The molecule has 0 saturated carbocycles. The van der Waals surface area contributed by atoms with Crippen molar-refractivity contribution in [3.63, 3.8) is 0 Å². The Morgan fingerprint density at radius 1 is 1.00 bits per heavy atom. The third-order valence-corrected chi connectivity index (χ3v) is 3.56. The normalized spacial score (nSPS) is 11.3. The zero-order valence-corrected chi connectivity index (χ0v) is 10.7. The second-order valence-electron chi connectivity index (χ2n) is 4.77. The maximum Gasteiger partial charge on any atom is 0.200 e. The molecular formula is C16H14O2. The van der Waals surface area contributed by atoms with Gasteiger partial charge in [0.1, 0.15) is 11.2 Å². The maximum absolute atomic E-state index is 12.5. The first-order valence-electron chi connectivity index (χ1n) is 6.02. The molecule has 0 N–H and O–H groups in total. The minimum Gasteiger partial charge on any atom is -0.456 e. The molecule has 2 aromatic carbocycles. The van der Waals surface area contributed by atoms with E-state index in [9.17, 15) is 4.79 Å². The lowest BCUT2D eigenvalue weighted by Gasteiger charge is -2.09. The van der Waals surface area contributed by atoms with Crippen LogP contribution in [0.2, 0.25) is 0 Å². The minimum absolute atomic E-state index is 0.0625. The molecule has 0 spiro atoms. The molecule has 0 radical (unpaired) electrons. The van der Waals surface area contributed by atoms with Gasteiger partial charge in [-0.3, -0.25) is 4.79 Å². The first-order chi connectivity index (χ1) is 8.59. The minimum atomic E-state index is 0.0625. The van der Waals surface area contributed by atoms with Crippen LogP contribution in [0.4, 0.5) is 0 Å². The fraction of sp³-hybridized carbons (Fsp3) is 0.188. The van der Waals surface area contributed by atoms with Gasteiger partial charge in [-0.15, -0.1) is 0 Å². The molecule has 1 heterocycles. The highest BCUT2D eigenvalue weighted by molar-refractivity contribution is 5.93. The molecule has 0 amide bonds. The van der Waals surface area contributed by atoms with Gasteiger partial charge in [0.15, 0.2) is 0 Å². The van der Waals surface area contributed by atoms with Crippen LogP contribution in [-0.4, -0.2) is 0 Å². The van der Waals surface area contributed by atoms with Gasteiger partial charge in [0.2, 0.25) is 5.43 Å². The molecule has 0 bridgehead atoms. The van der Waals surface area contributed by atoms with Crippen molar-refractivity contribution in [2.45, 2.75) is 20.8 Å². The highest BCUT2D eigenvalue weighted by Gasteiger charge is 2.12. The van der Waals surface area contributed by atoms with Crippen molar-refractivity contribution in [3.05, 3.63) is 57.2 Å². The van der Waals surface area contributed by atoms with E-state index in [-0.39, 0.29) is 5.43 Å². The standard InChI is InChI=1S/C16H14O2/c1-9-8-10(2)14-15(17)12-6-4-5-7-13(12)18-16(14)11(9)3/h4-8H,1-3H3. The molecule has 3 aromatic rings. The van der Waals surface area contributed by atoms with Gasteiger partial charge >= 0.3 is 0 Å². The van der Waals surface area contributed by atoms with E-state index >= 15 is 0 Å². The van der Waals surface area contributed by atoms with Crippen LogP contribution in [0.25, 0.3) is 21.9 Å². The van der Waals surface area contributed by atoms with Gasteiger partial charge in [0.25, 0.3) is 0 Å². The van der Waals surface area contributed by atoms with E-state index in [1.165, 1.54) is 0 Å². The Labute approximate surface area is 105 Å². The monoisotopic (exact) mass is 238 g/mol. The number of benzene rings is 2. The summed E-state index contributed by atoms with van der Waals surface area (Å²) < 4.78 is 5.92. The molecule has 0 aliphatic carbocycles. The van der Waals surface area contributed by atoms with E-state index in [0.717, 1.165) is 22.3 Å². The molecular weight excluding hydrogens is 224 g/mol. The van der Waals surface area contributed by atoms with Crippen LogP contribution >= 0.6 is 0 Å². The van der Waals surface area contributed by atoms with E-state index in [1.807, 2.05) is 51.1 Å². The lowest BCUT2D eigenvalue weighted by molar-refractivity contribution is 0.656. The molecule has 0 atom stereocenters. The van der Waals surface area contributed by atoms with Gasteiger partial charge in [-0.05, 0) is 49.6 Å². The van der Waals surface area contributed by atoms with Crippen LogP contribution in [0, 0.1) is 20.8 Å². The van der Waals surface area contributed by atoms with Crippen LogP contribution in [-0.2, 0) is 0 Å². The first kappa shape index (κ1) is 11.0. The summed E-state index contributed by atoms with van der Waals surface area (Å²) in [7, 11) is 0. The van der Waals surface area contributed by atoms with E-state index < -0.39 is 0 Å². The summed E-state index contributed by atoms with van der Waals surface area (Å²) in [5, 5.41) is 1.35. The Morgan fingerprint density at radius 2 is 1.72 bits per heavy atom. The number of rotatable bonds is 0. The second-order valence-corrected chi connectivity index (χ2v) is 4.77. The summed E-state index contributed by atoms with van der Waals surface area (Å²) in [5.74, 6) is 0. The molecule has 0 fully saturated rings. The molecule has 18 heavy (non-hydrogen) atoms. The summed E-state index contributed by atoms with van der Waals surface area (Å²) in [6.45, 7) is 5.99. The van der Waals surface area contributed by atoms with Crippen LogP contribution in [0.3, 0.4) is 0 Å². The Kier molecular flexibility index (Phi) is 2.27.